The Hall–Kier alpha value is -2.20. The molecule has 1 saturated heterocycles. The molecular formula is C15H22N4O5S. The highest BCUT2D eigenvalue weighted by Crippen LogP contribution is 2.27. The standard InChI is InChI=1S/C15H22N4O5S/c1-11-5-7-14(8-6-11)25(22,23)17-9-12(2)19(13(17)3)15(20)10-18(21)16-24-4/h5-8,12-13H,9-10H2,1-4H3/b18-16-. The lowest BCUT2D eigenvalue weighted by Crippen LogP contribution is -2.45. The van der Waals surface area contributed by atoms with Crippen LogP contribution in [0.2, 0.25) is 0 Å². The van der Waals surface area contributed by atoms with Gasteiger partial charge in [0.05, 0.1) is 11.1 Å². The lowest BCUT2D eigenvalue weighted by atomic mass is 10.2. The number of hydroxylamine groups is 1. The smallest absolute Gasteiger partial charge is 0.293 e. The Morgan fingerprint density at radius 1 is 1.36 bits per heavy atom. The van der Waals surface area contributed by atoms with Gasteiger partial charge < -0.3 is 14.9 Å². The van der Waals surface area contributed by atoms with E-state index in [1.54, 1.807) is 38.1 Å². The molecule has 1 fully saturated rings. The Bertz CT molecular complexity index is 763. The van der Waals surface area contributed by atoms with Crippen molar-refractivity contribution < 1.29 is 22.9 Å². The van der Waals surface area contributed by atoms with Crippen molar-refractivity contribution in [3.8, 4) is 0 Å². The topological polar surface area (TPSA) is 105 Å². The Morgan fingerprint density at radius 3 is 2.52 bits per heavy atom. The minimum atomic E-state index is -3.74. The summed E-state index contributed by atoms with van der Waals surface area (Å²) in [5.74, 6) is -0.516. The maximum Gasteiger partial charge on any atom is 0.293 e. The van der Waals surface area contributed by atoms with Crippen LogP contribution >= 0.6 is 0 Å². The minimum Gasteiger partial charge on any atom is -0.597 e. The van der Waals surface area contributed by atoms with Crippen LogP contribution in [0.4, 0.5) is 0 Å². The maximum absolute atomic E-state index is 12.9. The molecule has 2 rings (SSSR count). The van der Waals surface area contributed by atoms with Crippen LogP contribution in [0.3, 0.4) is 0 Å². The SMILES string of the molecule is CO/N=[N+](\[O-])CC(=O)N1C(C)CN(S(=O)(=O)c2ccc(C)cc2)C1C. The zero-order valence-corrected chi connectivity index (χ0v) is 15.4. The lowest BCUT2D eigenvalue weighted by molar-refractivity contribution is -0.547. The van der Waals surface area contributed by atoms with Crippen molar-refractivity contribution in [3.05, 3.63) is 35.0 Å². The molecule has 10 heteroatoms. The highest BCUT2D eigenvalue weighted by molar-refractivity contribution is 7.89. The molecule has 0 N–H and O–H groups in total. The van der Waals surface area contributed by atoms with Gasteiger partial charge in [-0.05, 0) is 37.8 Å². The van der Waals surface area contributed by atoms with Crippen LogP contribution in [0, 0.1) is 12.1 Å². The van der Waals surface area contributed by atoms with Crippen LogP contribution in [0.25, 0.3) is 0 Å². The summed E-state index contributed by atoms with van der Waals surface area (Å²) < 4.78 is 27.0. The second kappa shape index (κ2) is 7.36. The summed E-state index contributed by atoms with van der Waals surface area (Å²) in [5, 5.41) is 14.5. The van der Waals surface area contributed by atoms with E-state index in [1.165, 1.54) is 16.3 Å². The van der Waals surface area contributed by atoms with E-state index in [9.17, 15) is 18.4 Å². The first kappa shape index (κ1) is 19.1. The molecule has 1 aliphatic rings. The summed E-state index contributed by atoms with van der Waals surface area (Å²) in [6.45, 7) is 4.85. The lowest BCUT2D eigenvalue weighted by Gasteiger charge is -2.27. The number of hydrogen-bond donors (Lipinski definition) is 0. The van der Waals surface area contributed by atoms with Gasteiger partial charge in [-0.15, -0.1) is 0 Å². The van der Waals surface area contributed by atoms with Crippen LogP contribution < -0.4 is 0 Å². The van der Waals surface area contributed by atoms with E-state index in [0.717, 1.165) is 5.56 Å². The van der Waals surface area contributed by atoms with Crippen molar-refractivity contribution in [2.24, 2.45) is 5.28 Å². The minimum absolute atomic E-state index is 0.124. The second-order valence-corrected chi connectivity index (χ2v) is 7.83. The van der Waals surface area contributed by atoms with Gasteiger partial charge >= 0.3 is 0 Å². The van der Waals surface area contributed by atoms with Crippen molar-refractivity contribution in [2.45, 2.75) is 37.9 Å². The van der Waals surface area contributed by atoms with Crippen molar-refractivity contribution in [1.82, 2.24) is 9.21 Å². The van der Waals surface area contributed by atoms with Gasteiger partial charge in [-0.1, -0.05) is 17.7 Å². The molecule has 0 spiro atoms. The number of sulfonamides is 1. The third kappa shape index (κ3) is 3.90. The molecule has 0 aliphatic carbocycles. The molecular weight excluding hydrogens is 348 g/mol. The molecule has 25 heavy (non-hydrogen) atoms. The van der Waals surface area contributed by atoms with Crippen molar-refractivity contribution in [1.29, 1.82) is 0 Å². The van der Waals surface area contributed by atoms with E-state index < -0.39 is 28.6 Å². The van der Waals surface area contributed by atoms with Gasteiger partial charge in [-0.25, -0.2) is 8.42 Å². The fourth-order valence-corrected chi connectivity index (χ4v) is 4.59. The van der Waals surface area contributed by atoms with E-state index in [2.05, 4.69) is 10.1 Å². The van der Waals surface area contributed by atoms with Crippen molar-refractivity contribution in [2.75, 3.05) is 20.2 Å². The van der Waals surface area contributed by atoms with E-state index in [4.69, 9.17) is 0 Å². The Morgan fingerprint density at radius 2 is 1.96 bits per heavy atom. The molecule has 1 aliphatic heterocycles. The molecule has 1 amide bonds. The number of carbonyl (C=O) groups excluding carboxylic acids is 1. The van der Waals surface area contributed by atoms with Gasteiger partial charge in [-0.3, -0.25) is 4.79 Å². The number of aryl methyl sites for hydroxylation is 1. The van der Waals surface area contributed by atoms with Gasteiger partial charge in [0.1, 0.15) is 7.11 Å². The normalized spacial score (nSPS) is 22.2. The molecule has 0 radical (unpaired) electrons. The van der Waals surface area contributed by atoms with Crippen LogP contribution in [-0.2, 0) is 19.7 Å². The number of amides is 1. The van der Waals surface area contributed by atoms with E-state index in [-0.39, 0.29) is 22.3 Å². The third-order valence-corrected chi connectivity index (χ3v) is 6.04. The zero-order valence-electron chi connectivity index (χ0n) is 14.6. The molecule has 0 bridgehead atoms. The summed E-state index contributed by atoms with van der Waals surface area (Å²) in [7, 11) is -2.54. The predicted molar refractivity (Wildman–Crippen MR) is 88.8 cm³/mol. The number of nitrogens with zero attached hydrogens (tertiary/aromatic N) is 4. The predicted octanol–water partition coefficient (Wildman–Crippen LogP) is 1.09. The number of hydrogen-bond acceptors (Lipinski definition) is 6. The molecule has 1 aromatic rings. The van der Waals surface area contributed by atoms with Gasteiger partial charge in [-0.2, -0.15) is 4.31 Å². The van der Waals surface area contributed by atoms with Gasteiger partial charge in [0, 0.05) is 12.6 Å². The third-order valence-electron chi connectivity index (χ3n) is 4.10. The summed E-state index contributed by atoms with van der Waals surface area (Å²) in [4.78, 5) is 18.4. The summed E-state index contributed by atoms with van der Waals surface area (Å²) in [6.07, 6.45) is -0.704. The number of benzene rings is 1. The van der Waals surface area contributed by atoms with Crippen LogP contribution in [0.15, 0.2) is 34.4 Å². The molecule has 2 unspecified atom stereocenters. The Kier molecular flexibility index (Phi) is 5.63. The monoisotopic (exact) mass is 370 g/mol. The average molecular weight is 370 g/mol. The second-order valence-electron chi connectivity index (χ2n) is 5.94. The van der Waals surface area contributed by atoms with Gasteiger partial charge in [0.25, 0.3) is 12.5 Å². The number of rotatable bonds is 5. The van der Waals surface area contributed by atoms with Gasteiger partial charge in [0.2, 0.25) is 10.0 Å². The summed E-state index contributed by atoms with van der Waals surface area (Å²) >= 11 is 0. The first-order valence-corrected chi connectivity index (χ1v) is 9.21. The first-order valence-electron chi connectivity index (χ1n) is 7.77. The highest BCUT2D eigenvalue weighted by Gasteiger charge is 2.44. The quantitative estimate of drug-likeness (QED) is 0.438. The van der Waals surface area contributed by atoms with E-state index in [1.807, 2.05) is 6.92 Å². The summed E-state index contributed by atoms with van der Waals surface area (Å²) in [6, 6.07) is 6.18. The van der Waals surface area contributed by atoms with Crippen LogP contribution in [-0.4, -0.2) is 60.8 Å². The highest BCUT2D eigenvalue weighted by atomic mass is 32.2. The molecule has 0 aromatic heterocycles. The molecule has 0 saturated carbocycles. The Labute approximate surface area is 147 Å². The molecule has 1 aromatic carbocycles. The molecule has 9 nitrogen and oxygen atoms in total. The van der Waals surface area contributed by atoms with E-state index >= 15 is 0 Å². The fourth-order valence-electron chi connectivity index (χ4n) is 2.92. The molecule has 2 atom stereocenters. The van der Waals surface area contributed by atoms with Crippen LogP contribution in [0.1, 0.15) is 19.4 Å². The zero-order chi connectivity index (χ0) is 18.8. The molecule has 138 valence electrons. The Balaban J connectivity index is 2.24. The van der Waals surface area contributed by atoms with Crippen molar-refractivity contribution in [3.63, 3.8) is 0 Å². The maximum atomic E-state index is 12.9. The fraction of sp³-hybridized carbons (Fsp3) is 0.533. The molecule has 1 heterocycles. The number of carbonyl (C=O) groups is 1. The van der Waals surface area contributed by atoms with Crippen molar-refractivity contribution >= 4 is 15.9 Å². The van der Waals surface area contributed by atoms with Crippen LogP contribution in [0.5, 0.6) is 0 Å². The van der Waals surface area contributed by atoms with Gasteiger partial charge in [0.15, 0.2) is 5.28 Å². The average Bonchev–Trinajstić information content (AvgIpc) is 2.83. The van der Waals surface area contributed by atoms with E-state index in [0.29, 0.717) is 0 Å². The largest absolute Gasteiger partial charge is 0.597 e. The first-order chi connectivity index (χ1) is 11.7. The summed E-state index contributed by atoms with van der Waals surface area (Å²) in [5.41, 5.74) is 0.955.